The van der Waals surface area contributed by atoms with E-state index in [1.807, 2.05) is 0 Å². The number of carbonyl (C=O) groups excluding carboxylic acids is 1. The lowest BCUT2D eigenvalue weighted by Crippen LogP contribution is -2.25. The van der Waals surface area contributed by atoms with Gasteiger partial charge >= 0.3 is 5.97 Å². The molecule has 0 fully saturated rings. The number of halogens is 1. The first-order chi connectivity index (χ1) is 10.1. The Morgan fingerprint density at radius 2 is 1.95 bits per heavy atom. The van der Waals surface area contributed by atoms with Crippen LogP contribution in [0.25, 0.3) is 11.0 Å². The Hall–Kier alpha value is -1.53. The fourth-order valence-corrected chi connectivity index (χ4v) is 3.19. The molecule has 0 atom stereocenters. The van der Waals surface area contributed by atoms with Crippen LogP contribution in [0.3, 0.4) is 0 Å². The maximum absolute atomic E-state index is 12.2. The summed E-state index contributed by atoms with van der Waals surface area (Å²) in [7, 11) is -3.70. The van der Waals surface area contributed by atoms with Gasteiger partial charge in [0.05, 0.1) is 12.2 Å². The van der Waals surface area contributed by atoms with Crippen molar-refractivity contribution in [3.8, 4) is 0 Å². The standard InChI is InChI=1S/C15H17ClO5S/c1-15(2,3)21-13(17)6-7-22(18,19)14-9-10-8-11(16)4-5-12(10)20-14/h4-5,8-9H,6-7H2,1-3H3. The first kappa shape index (κ1) is 16.8. The average Bonchev–Trinajstić information content (AvgIpc) is 2.78. The van der Waals surface area contributed by atoms with Crippen molar-refractivity contribution >= 4 is 38.4 Å². The molecule has 0 saturated heterocycles. The summed E-state index contributed by atoms with van der Waals surface area (Å²) in [6.07, 6.45) is -0.225. The van der Waals surface area contributed by atoms with E-state index in [1.54, 1.807) is 39.0 Å². The third kappa shape index (κ3) is 4.24. The average molecular weight is 345 g/mol. The van der Waals surface area contributed by atoms with Crippen molar-refractivity contribution in [1.82, 2.24) is 0 Å². The van der Waals surface area contributed by atoms with Gasteiger partial charge in [-0.1, -0.05) is 11.6 Å². The van der Waals surface area contributed by atoms with Crippen LogP contribution in [0.15, 0.2) is 33.8 Å². The summed E-state index contributed by atoms with van der Waals surface area (Å²) in [5.74, 6) is -0.926. The van der Waals surface area contributed by atoms with Gasteiger partial charge in [0.25, 0.3) is 0 Å². The summed E-state index contributed by atoms with van der Waals surface area (Å²) >= 11 is 5.85. The van der Waals surface area contributed by atoms with Crippen LogP contribution in [-0.4, -0.2) is 25.7 Å². The summed E-state index contributed by atoms with van der Waals surface area (Å²) in [5.41, 5.74) is -0.211. The number of ether oxygens (including phenoxy) is 1. The molecule has 1 heterocycles. The quantitative estimate of drug-likeness (QED) is 0.792. The first-order valence-corrected chi connectivity index (χ1v) is 8.73. The number of hydrogen-bond donors (Lipinski definition) is 0. The second-order valence-corrected chi connectivity index (χ2v) is 8.38. The second-order valence-electron chi connectivity index (χ2n) is 5.90. The highest BCUT2D eigenvalue weighted by Gasteiger charge is 2.23. The van der Waals surface area contributed by atoms with Crippen molar-refractivity contribution in [2.75, 3.05) is 5.75 Å². The largest absolute Gasteiger partial charge is 0.460 e. The van der Waals surface area contributed by atoms with Crippen LogP contribution >= 0.6 is 11.6 Å². The van der Waals surface area contributed by atoms with Gasteiger partial charge < -0.3 is 9.15 Å². The molecule has 1 aromatic carbocycles. The summed E-state index contributed by atoms with van der Waals surface area (Å²) < 4.78 is 34.9. The van der Waals surface area contributed by atoms with Crippen molar-refractivity contribution in [1.29, 1.82) is 0 Å². The molecule has 2 aromatic rings. The zero-order valence-corrected chi connectivity index (χ0v) is 14.1. The Bertz CT molecular complexity index is 799. The van der Waals surface area contributed by atoms with Crippen LogP contribution in [0.2, 0.25) is 5.02 Å². The fraction of sp³-hybridized carbons (Fsp3) is 0.400. The number of sulfone groups is 1. The highest BCUT2D eigenvalue weighted by Crippen LogP contribution is 2.26. The molecule has 0 unspecified atom stereocenters. The normalized spacial score (nSPS) is 12.5. The molecule has 0 bridgehead atoms. The maximum atomic E-state index is 12.2. The van der Waals surface area contributed by atoms with Crippen LogP contribution < -0.4 is 0 Å². The molecule has 0 aliphatic rings. The van der Waals surface area contributed by atoms with E-state index in [1.165, 1.54) is 6.07 Å². The molecule has 0 N–H and O–H groups in total. The van der Waals surface area contributed by atoms with Crippen LogP contribution in [0, 0.1) is 0 Å². The molecule has 0 amide bonds. The van der Waals surface area contributed by atoms with Gasteiger partial charge in [0.2, 0.25) is 14.9 Å². The number of benzene rings is 1. The minimum absolute atomic E-state index is 0.173. The maximum Gasteiger partial charge on any atom is 0.307 e. The van der Waals surface area contributed by atoms with E-state index in [2.05, 4.69) is 0 Å². The van der Waals surface area contributed by atoms with Gasteiger partial charge in [-0.2, -0.15) is 0 Å². The molecular weight excluding hydrogens is 328 g/mol. The minimum atomic E-state index is -3.70. The van der Waals surface area contributed by atoms with E-state index in [-0.39, 0.29) is 17.3 Å². The molecule has 0 spiro atoms. The summed E-state index contributed by atoms with van der Waals surface area (Å²) in [6.45, 7) is 5.17. The van der Waals surface area contributed by atoms with Gasteiger partial charge in [-0.25, -0.2) is 8.42 Å². The Kier molecular flexibility index (Phi) is 4.54. The SMILES string of the molecule is CC(C)(C)OC(=O)CCS(=O)(=O)c1cc2cc(Cl)ccc2o1. The van der Waals surface area contributed by atoms with Crippen LogP contribution in [0.5, 0.6) is 0 Å². The lowest BCUT2D eigenvalue weighted by atomic mass is 10.2. The summed E-state index contributed by atoms with van der Waals surface area (Å²) in [5, 5.41) is 0.919. The molecular formula is C15H17ClO5S. The number of hydrogen-bond acceptors (Lipinski definition) is 5. The van der Waals surface area contributed by atoms with E-state index in [0.717, 1.165) is 0 Å². The third-order valence-electron chi connectivity index (χ3n) is 2.76. The Morgan fingerprint density at radius 1 is 1.27 bits per heavy atom. The predicted molar refractivity (Wildman–Crippen MR) is 83.7 cm³/mol. The molecule has 1 aromatic heterocycles. The van der Waals surface area contributed by atoms with Crippen LogP contribution in [0.1, 0.15) is 27.2 Å². The van der Waals surface area contributed by atoms with Gasteiger partial charge in [0.15, 0.2) is 0 Å². The Balaban J connectivity index is 2.13. The highest BCUT2D eigenvalue weighted by molar-refractivity contribution is 7.91. The highest BCUT2D eigenvalue weighted by atomic mass is 35.5. The van der Waals surface area contributed by atoms with E-state index in [9.17, 15) is 13.2 Å². The van der Waals surface area contributed by atoms with Crippen LogP contribution in [-0.2, 0) is 19.4 Å². The summed E-state index contributed by atoms with van der Waals surface area (Å²) in [4.78, 5) is 11.6. The van der Waals surface area contributed by atoms with Crippen molar-refractivity contribution in [3.05, 3.63) is 29.3 Å². The molecule has 120 valence electrons. The molecule has 0 radical (unpaired) electrons. The monoisotopic (exact) mass is 344 g/mol. The van der Waals surface area contributed by atoms with Gasteiger partial charge in [-0.15, -0.1) is 0 Å². The molecule has 2 rings (SSSR count). The van der Waals surface area contributed by atoms with E-state index in [4.69, 9.17) is 20.8 Å². The number of esters is 1. The zero-order valence-electron chi connectivity index (χ0n) is 12.6. The Labute approximate surface area is 134 Å². The minimum Gasteiger partial charge on any atom is -0.460 e. The molecule has 0 aliphatic heterocycles. The van der Waals surface area contributed by atoms with E-state index in [0.29, 0.717) is 16.0 Å². The van der Waals surface area contributed by atoms with Gasteiger partial charge in [-0.3, -0.25) is 4.79 Å². The smallest absolute Gasteiger partial charge is 0.307 e. The molecule has 22 heavy (non-hydrogen) atoms. The molecule has 0 aliphatic carbocycles. The number of rotatable bonds is 4. The lowest BCUT2D eigenvalue weighted by molar-refractivity contribution is -0.154. The zero-order chi connectivity index (χ0) is 16.5. The van der Waals surface area contributed by atoms with Crippen LogP contribution in [0.4, 0.5) is 0 Å². The van der Waals surface area contributed by atoms with Crippen molar-refractivity contribution in [2.45, 2.75) is 37.9 Å². The summed E-state index contributed by atoms with van der Waals surface area (Å²) in [6, 6.07) is 6.24. The van der Waals surface area contributed by atoms with E-state index < -0.39 is 21.4 Å². The predicted octanol–water partition coefficient (Wildman–Crippen LogP) is 3.59. The molecule has 5 nitrogen and oxygen atoms in total. The number of carbonyl (C=O) groups is 1. The van der Waals surface area contributed by atoms with Gasteiger partial charge in [0, 0.05) is 16.5 Å². The second kappa shape index (κ2) is 5.93. The number of fused-ring (bicyclic) bond motifs is 1. The number of furan rings is 1. The van der Waals surface area contributed by atoms with Gasteiger partial charge in [0.1, 0.15) is 11.2 Å². The molecule has 7 heteroatoms. The van der Waals surface area contributed by atoms with Gasteiger partial charge in [-0.05, 0) is 39.0 Å². The first-order valence-electron chi connectivity index (χ1n) is 6.70. The van der Waals surface area contributed by atoms with Crippen molar-refractivity contribution in [2.24, 2.45) is 0 Å². The van der Waals surface area contributed by atoms with E-state index >= 15 is 0 Å². The molecule has 0 saturated carbocycles. The lowest BCUT2D eigenvalue weighted by Gasteiger charge is -2.19. The Morgan fingerprint density at radius 3 is 2.59 bits per heavy atom. The topological polar surface area (TPSA) is 73.6 Å². The van der Waals surface area contributed by atoms with Crippen molar-refractivity contribution in [3.63, 3.8) is 0 Å². The van der Waals surface area contributed by atoms with Crippen molar-refractivity contribution < 1.29 is 22.4 Å². The third-order valence-corrected chi connectivity index (χ3v) is 4.55. The fourth-order valence-electron chi connectivity index (χ4n) is 1.85.